The van der Waals surface area contributed by atoms with Gasteiger partial charge in [-0.1, -0.05) is 0 Å². The Bertz CT molecular complexity index is 454. The summed E-state index contributed by atoms with van der Waals surface area (Å²) in [6, 6.07) is 3.91. The van der Waals surface area contributed by atoms with Crippen molar-refractivity contribution in [3.05, 3.63) is 29.6 Å². The van der Waals surface area contributed by atoms with Crippen LogP contribution in [0.2, 0.25) is 0 Å². The summed E-state index contributed by atoms with van der Waals surface area (Å²) < 4.78 is 18.6. The first-order valence-corrected chi connectivity index (χ1v) is 5.86. The zero-order valence-corrected chi connectivity index (χ0v) is 10.6. The Morgan fingerprint density at radius 1 is 1.44 bits per heavy atom. The quantitative estimate of drug-likeness (QED) is 0.773. The van der Waals surface area contributed by atoms with Gasteiger partial charge in [0.1, 0.15) is 5.82 Å². The van der Waals surface area contributed by atoms with E-state index in [1.807, 2.05) is 13.8 Å². The van der Waals surface area contributed by atoms with Crippen LogP contribution in [0.3, 0.4) is 0 Å². The van der Waals surface area contributed by atoms with E-state index in [9.17, 15) is 9.18 Å². The highest BCUT2D eigenvalue weighted by Gasteiger charge is 2.34. The van der Waals surface area contributed by atoms with Crippen LogP contribution in [0.4, 0.5) is 10.1 Å². The Kier molecular flexibility index (Phi) is 3.26. The first-order chi connectivity index (χ1) is 8.40. The number of nitrogen functional groups attached to an aromatic ring is 1. The fraction of sp³-hybridized carbons (Fsp3) is 0.462. The number of hydrogen-bond acceptors (Lipinski definition) is 3. The molecule has 5 heteroatoms. The molecule has 18 heavy (non-hydrogen) atoms. The highest BCUT2D eigenvalue weighted by atomic mass is 19.1. The zero-order valence-electron chi connectivity index (χ0n) is 10.6. The van der Waals surface area contributed by atoms with Crippen molar-refractivity contribution in [2.75, 3.05) is 25.5 Å². The van der Waals surface area contributed by atoms with Crippen LogP contribution in [0, 0.1) is 5.82 Å². The molecule has 2 N–H and O–H groups in total. The number of rotatable bonds is 1. The third-order valence-electron chi connectivity index (χ3n) is 3.06. The minimum Gasteiger partial charge on any atom is -0.399 e. The molecule has 1 amide bonds. The van der Waals surface area contributed by atoms with Crippen LogP contribution in [0.1, 0.15) is 24.2 Å². The number of carbonyl (C=O) groups excluding carboxylic acids is 1. The molecule has 1 aromatic rings. The summed E-state index contributed by atoms with van der Waals surface area (Å²) in [5, 5.41) is 0. The number of anilines is 1. The molecule has 0 saturated carbocycles. The molecule has 0 spiro atoms. The Labute approximate surface area is 106 Å². The minimum atomic E-state index is -0.496. The van der Waals surface area contributed by atoms with Gasteiger partial charge in [0.2, 0.25) is 0 Å². The second-order valence-electron chi connectivity index (χ2n) is 5.10. The highest BCUT2D eigenvalue weighted by Crippen LogP contribution is 2.22. The smallest absolute Gasteiger partial charge is 0.254 e. The summed E-state index contributed by atoms with van der Waals surface area (Å²) >= 11 is 0. The van der Waals surface area contributed by atoms with E-state index < -0.39 is 11.4 Å². The van der Waals surface area contributed by atoms with E-state index >= 15 is 0 Å². The van der Waals surface area contributed by atoms with Crippen molar-refractivity contribution in [1.82, 2.24) is 4.90 Å². The summed E-state index contributed by atoms with van der Waals surface area (Å²) in [6.07, 6.45) is 0. The molecule has 0 atom stereocenters. The number of carbonyl (C=O) groups is 1. The van der Waals surface area contributed by atoms with Crippen LogP contribution < -0.4 is 5.73 Å². The van der Waals surface area contributed by atoms with Crippen LogP contribution in [-0.4, -0.2) is 36.1 Å². The maximum Gasteiger partial charge on any atom is 0.254 e. The average molecular weight is 252 g/mol. The standard InChI is InChI=1S/C13H17FN2O2/c1-13(2)8-18-4-3-16(13)12(17)9-5-10(14)7-11(15)6-9/h5-7H,3-4,8,15H2,1-2H3. The lowest BCUT2D eigenvalue weighted by atomic mass is 10.0. The molecule has 0 aliphatic carbocycles. The summed E-state index contributed by atoms with van der Waals surface area (Å²) in [5.41, 5.74) is 5.70. The van der Waals surface area contributed by atoms with E-state index in [1.54, 1.807) is 4.90 Å². The van der Waals surface area contributed by atoms with Gasteiger partial charge in [-0.2, -0.15) is 0 Å². The Morgan fingerprint density at radius 3 is 2.78 bits per heavy atom. The third-order valence-corrected chi connectivity index (χ3v) is 3.06. The van der Waals surface area contributed by atoms with Crippen molar-refractivity contribution in [2.45, 2.75) is 19.4 Å². The predicted molar refractivity (Wildman–Crippen MR) is 66.7 cm³/mol. The maximum absolute atomic E-state index is 13.3. The van der Waals surface area contributed by atoms with E-state index in [1.165, 1.54) is 18.2 Å². The van der Waals surface area contributed by atoms with Gasteiger partial charge in [-0.15, -0.1) is 0 Å². The van der Waals surface area contributed by atoms with Crippen LogP contribution in [0.15, 0.2) is 18.2 Å². The number of hydrogen-bond donors (Lipinski definition) is 1. The maximum atomic E-state index is 13.3. The van der Waals surface area contributed by atoms with E-state index in [2.05, 4.69) is 0 Å². The highest BCUT2D eigenvalue weighted by molar-refractivity contribution is 5.95. The van der Waals surface area contributed by atoms with Crippen LogP contribution in [0.25, 0.3) is 0 Å². The molecule has 1 aliphatic heterocycles. The molecule has 1 saturated heterocycles. The molecule has 0 unspecified atom stereocenters. The second kappa shape index (κ2) is 4.57. The number of amides is 1. The Balaban J connectivity index is 2.30. The van der Waals surface area contributed by atoms with Gasteiger partial charge in [-0.05, 0) is 32.0 Å². The molecule has 4 nitrogen and oxygen atoms in total. The molecular weight excluding hydrogens is 235 g/mol. The normalized spacial score (nSPS) is 18.7. The predicted octanol–water partition coefficient (Wildman–Crippen LogP) is 1.66. The van der Waals surface area contributed by atoms with E-state index in [-0.39, 0.29) is 17.2 Å². The molecule has 1 fully saturated rings. The van der Waals surface area contributed by atoms with Crippen LogP contribution in [0.5, 0.6) is 0 Å². The van der Waals surface area contributed by atoms with Gasteiger partial charge in [0, 0.05) is 17.8 Å². The van der Waals surface area contributed by atoms with E-state index in [0.29, 0.717) is 19.8 Å². The first kappa shape index (κ1) is 12.8. The van der Waals surface area contributed by atoms with Gasteiger partial charge >= 0.3 is 0 Å². The second-order valence-corrected chi connectivity index (χ2v) is 5.10. The monoisotopic (exact) mass is 252 g/mol. The van der Waals surface area contributed by atoms with Gasteiger partial charge in [0.05, 0.1) is 18.8 Å². The topological polar surface area (TPSA) is 55.6 Å². The third kappa shape index (κ3) is 2.46. The van der Waals surface area contributed by atoms with Crippen molar-refractivity contribution < 1.29 is 13.9 Å². The number of halogens is 1. The summed E-state index contributed by atoms with van der Waals surface area (Å²) in [5.74, 6) is -0.709. The van der Waals surface area contributed by atoms with Crippen molar-refractivity contribution in [1.29, 1.82) is 0 Å². The van der Waals surface area contributed by atoms with Gasteiger partial charge in [-0.3, -0.25) is 4.79 Å². The summed E-state index contributed by atoms with van der Waals surface area (Å²) in [7, 11) is 0. The molecule has 98 valence electrons. The zero-order chi connectivity index (χ0) is 13.3. The molecule has 0 radical (unpaired) electrons. The van der Waals surface area contributed by atoms with Crippen molar-refractivity contribution in [2.24, 2.45) is 0 Å². The van der Waals surface area contributed by atoms with Gasteiger partial charge in [0.25, 0.3) is 5.91 Å². The number of morpholine rings is 1. The molecule has 1 heterocycles. The lowest BCUT2D eigenvalue weighted by Gasteiger charge is -2.42. The number of benzene rings is 1. The molecule has 2 rings (SSSR count). The van der Waals surface area contributed by atoms with Gasteiger partial charge < -0.3 is 15.4 Å². The first-order valence-electron chi connectivity index (χ1n) is 5.86. The number of ether oxygens (including phenoxy) is 1. The summed E-state index contributed by atoms with van der Waals surface area (Å²) in [4.78, 5) is 14.1. The fourth-order valence-corrected chi connectivity index (χ4v) is 2.13. The summed E-state index contributed by atoms with van der Waals surface area (Å²) in [6.45, 7) is 5.32. The molecular formula is C13H17FN2O2. The lowest BCUT2D eigenvalue weighted by molar-refractivity contribution is -0.0370. The molecule has 0 bridgehead atoms. The number of nitrogens with two attached hydrogens (primary N) is 1. The van der Waals surface area contributed by atoms with Crippen molar-refractivity contribution in [3.63, 3.8) is 0 Å². The molecule has 1 aromatic carbocycles. The Hall–Kier alpha value is -1.62. The lowest BCUT2D eigenvalue weighted by Crippen LogP contribution is -2.55. The van der Waals surface area contributed by atoms with Crippen molar-refractivity contribution >= 4 is 11.6 Å². The Morgan fingerprint density at radius 2 is 2.17 bits per heavy atom. The fourth-order valence-electron chi connectivity index (χ4n) is 2.13. The van der Waals surface area contributed by atoms with E-state index in [0.717, 1.165) is 0 Å². The van der Waals surface area contributed by atoms with Gasteiger partial charge in [-0.25, -0.2) is 4.39 Å². The minimum absolute atomic E-state index is 0.213. The van der Waals surface area contributed by atoms with Crippen LogP contribution in [-0.2, 0) is 4.74 Å². The number of nitrogens with zero attached hydrogens (tertiary/aromatic N) is 1. The largest absolute Gasteiger partial charge is 0.399 e. The van der Waals surface area contributed by atoms with Gasteiger partial charge in [0.15, 0.2) is 0 Å². The average Bonchev–Trinajstić information content (AvgIpc) is 2.26. The molecule has 0 aromatic heterocycles. The SMILES string of the molecule is CC1(C)COCCN1C(=O)c1cc(N)cc(F)c1. The van der Waals surface area contributed by atoms with Crippen LogP contribution >= 0.6 is 0 Å². The van der Waals surface area contributed by atoms with E-state index in [4.69, 9.17) is 10.5 Å². The van der Waals surface area contributed by atoms with Crippen molar-refractivity contribution in [3.8, 4) is 0 Å². The molecule has 1 aliphatic rings.